The monoisotopic (exact) mass is 411 g/mol. The van der Waals surface area contributed by atoms with E-state index < -0.39 is 17.2 Å². The van der Waals surface area contributed by atoms with Gasteiger partial charge in [-0.05, 0) is 19.1 Å². The molecule has 0 spiro atoms. The van der Waals surface area contributed by atoms with E-state index in [9.17, 15) is 14.4 Å². The maximum absolute atomic E-state index is 15.0. The average molecular weight is 411 g/mol. The van der Waals surface area contributed by atoms with Gasteiger partial charge in [0.25, 0.3) is 5.91 Å². The number of carbonyl (C=O) groups is 2. The van der Waals surface area contributed by atoms with Crippen molar-refractivity contribution in [3.63, 3.8) is 0 Å². The third kappa shape index (κ3) is 3.36. The molecule has 0 aliphatic carbocycles. The molecule has 0 N–H and O–H groups in total. The summed E-state index contributed by atoms with van der Waals surface area (Å²) in [7, 11) is 0. The van der Waals surface area contributed by atoms with Crippen LogP contribution in [0.4, 0.5) is 10.1 Å². The highest BCUT2D eigenvalue weighted by Crippen LogP contribution is 2.26. The molecule has 1 aromatic carbocycles. The van der Waals surface area contributed by atoms with Gasteiger partial charge in [0.1, 0.15) is 17.7 Å². The van der Waals surface area contributed by atoms with E-state index in [0.29, 0.717) is 43.9 Å². The predicted octanol–water partition coefficient (Wildman–Crippen LogP) is 1.71. The van der Waals surface area contributed by atoms with Gasteiger partial charge in [0.05, 0.1) is 11.2 Å². The molecule has 9 heteroatoms. The summed E-state index contributed by atoms with van der Waals surface area (Å²) < 4.78 is 18.0. The van der Waals surface area contributed by atoms with Crippen LogP contribution in [0.25, 0.3) is 10.9 Å². The smallest absolute Gasteiger partial charge is 0.268 e. The van der Waals surface area contributed by atoms with Crippen molar-refractivity contribution in [2.45, 2.75) is 20.4 Å². The molecule has 156 valence electrons. The lowest BCUT2D eigenvalue weighted by Gasteiger charge is -2.36. The summed E-state index contributed by atoms with van der Waals surface area (Å²) in [5.74, 6) is -1.03. The second kappa shape index (κ2) is 7.74. The Morgan fingerprint density at radius 3 is 2.50 bits per heavy atom. The summed E-state index contributed by atoms with van der Waals surface area (Å²) >= 11 is 0. The number of piperazine rings is 1. The first-order valence-electron chi connectivity index (χ1n) is 9.80. The molecule has 3 heterocycles. The lowest BCUT2D eigenvalue weighted by molar-refractivity contribution is -0.129. The first kappa shape index (κ1) is 19.8. The summed E-state index contributed by atoms with van der Waals surface area (Å²) in [5.41, 5.74) is 0.404. The number of benzene rings is 1. The van der Waals surface area contributed by atoms with Gasteiger partial charge in [-0.3, -0.25) is 19.0 Å². The third-order valence-electron chi connectivity index (χ3n) is 5.52. The molecule has 2 aromatic heterocycles. The van der Waals surface area contributed by atoms with Gasteiger partial charge < -0.3 is 14.4 Å². The van der Waals surface area contributed by atoms with Crippen molar-refractivity contribution in [1.29, 1.82) is 0 Å². The van der Waals surface area contributed by atoms with Gasteiger partial charge in [0.2, 0.25) is 11.3 Å². The predicted molar refractivity (Wildman–Crippen MR) is 110 cm³/mol. The number of aromatic nitrogens is 3. The number of hydrogen-bond donors (Lipinski definition) is 0. The summed E-state index contributed by atoms with van der Waals surface area (Å²) in [4.78, 5) is 44.7. The van der Waals surface area contributed by atoms with Crippen LogP contribution in [0.3, 0.4) is 0 Å². The molecule has 30 heavy (non-hydrogen) atoms. The lowest BCUT2D eigenvalue weighted by atomic mass is 10.1. The number of carbonyl (C=O) groups excluding carboxylic acids is 2. The van der Waals surface area contributed by atoms with E-state index >= 15 is 4.39 Å². The fraction of sp³-hybridized carbons (Fsp3) is 0.333. The number of aryl methyl sites for hydroxylation is 1. The first-order valence-corrected chi connectivity index (χ1v) is 9.80. The largest absolute Gasteiger partial charge is 0.366 e. The standard InChI is InChI=1S/C21H22FN5O3/c1-3-24-12-16(21(30)27-5-4-23-13-27)20(29)15-10-17(22)19(11-18(15)24)26-8-6-25(7-9-26)14(2)28/h4-5,10-13H,3,6-9H2,1-2H3. The van der Waals surface area contributed by atoms with Gasteiger partial charge in [-0.25, -0.2) is 9.37 Å². The van der Waals surface area contributed by atoms with Crippen LogP contribution in [0, 0.1) is 5.82 Å². The van der Waals surface area contributed by atoms with Crippen LogP contribution < -0.4 is 10.3 Å². The molecule has 1 aliphatic heterocycles. The Kier molecular flexibility index (Phi) is 5.11. The van der Waals surface area contributed by atoms with Gasteiger partial charge in [-0.1, -0.05) is 0 Å². The van der Waals surface area contributed by atoms with E-state index in [-0.39, 0.29) is 16.9 Å². The minimum atomic E-state index is -0.522. The zero-order valence-electron chi connectivity index (χ0n) is 16.8. The second-order valence-corrected chi connectivity index (χ2v) is 7.25. The van der Waals surface area contributed by atoms with E-state index in [1.54, 1.807) is 15.5 Å². The second-order valence-electron chi connectivity index (χ2n) is 7.25. The first-order chi connectivity index (χ1) is 14.4. The van der Waals surface area contributed by atoms with E-state index in [1.165, 1.54) is 42.5 Å². The number of anilines is 1. The minimum Gasteiger partial charge on any atom is -0.366 e. The molecule has 0 unspecified atom stereocenters. The topological polar surface area (TPSA) is 80.4 Å². The Bertz CT molecular complexity index is 1180. The molecule has 4 rings (SSSR count). The normalized spacial score (nSPS) is 14.4. The SMILES string of the molecule is CCn1cc(C(=O)n2ccnc2)c(=O)c2cc(F)c(N3CCN(C(C)=O)CC3)cc21. The van der Waals surface area contributed by atoms with Crippen molar-refractivity contribution in [2.75, 3.05) is 31.1 Å². The minimum absolute atomic E-state index is 0.00328. The van der Waals surface area contributed by atoms with Gasteiger partial charge >= 0.3 is 0 Å². The van der Waals surface area contributed by atoms with Crippen molar-refractivity contribution >= 4 is 28.4 Å². The van der Waals surface area contributed by atoms with Crippen LogP contribution in [0.5, 0.6) is 0 Å². The van der Waals surface area contributed by atoms with Gasteiger partial charge in [-0.15, -0.1) is 0 Å². The van der Waals surface area contributed by atoms with Gasteiger partial charge in [0.15, 0.2) is 0 Å². The number of halogens is 1. The molecule has 0 bridgehead atoms. The van der Waals surface area contributed by atoms with Crippen LogP contribution in [0.15, 0.2) is 41.8 Å². The highest BCUT2D eigenvalue weighted by atomic mass is 19.1. The van der Waals surface area contributed by atoms with Crippen LogP contribution >= 0.6 is 0 Å². The van der Waals surface area contributed by atoms with Crippen LogP contribution in [-0.2, 0) is 11.3 Å². The number of rotatable bonds is 3. The van der Waals surface area contributed by atoms with Crippen LogP contribution in [0.2, 0.25) is 0 Å². The molecule has 0 saturated carbocycles. The van der Waals surface area contributed by atoms with E-state index in [2.05, 4.69) is 4.98 Å². The Balaban J connectivity index is 1.78. The lowest BCUT2D eigenvalue weighted by Crippen LogP contribution is -2.48. The fourth-order valence-corrected chi connectivity index (χ4v) is 3.84. The third-order valence-corrected chi connectivity index (χ3v) is 5.52. The quantitative estimate of drug-likeness (QED) is 0.656. The Morgan fingerprint density at radius 2 is 1.90 bits per heavy atom. The Hall–Kier alpha value is -3.49. The number of fused-ring (bicyclic) bond motifs is 1. The summed E-state index contributed by atoms with van der Waals surface area (Å²) in [5, 5.41) is 0.159. The van der Waals surface area contributed by atoms with Crippen LogP contribution in [0.1, 0.15) is 24.2 Å². The summed E-state index contributed by atoms with van der Waals surface area (Å²) in [6.45, 7) is 5.98. The van der Waals surface area contributed by atoms with Gasteiger partial charge in [0, 0.05) is 63.6 Å². The average Bonchev–Trinajstić information content (AvgIpc) is 3.28. The number of amides is 1. The van der Waals surface area contributed by atoms with E-state index in [4.69, 9.17) is 0 Å². The molecule has 1 aliphatic rings. The summed E-state index contributed by atoms with van der Waals surface area (Å²) in [6.07, 6.45) is 5.76. The molecule has 1 amide bonds. The Labute approximate surface area is 172 Å². The van der Waals surface area contributed by atoms with E-state index in [0.717, 1.165) is 0 Å². The fourth-order valence-electron chi connectivity index (χ4n) is 3.84. The van der Waals surface area contributed by atoms with Crippen LogP contribution in [-0.4, -0.2) is 57.0 Å². The highest BCUT2D eigenvalue weighted by molar-refractivity contribution is 5.99. The zero-order chi connectivity index (χ0) is 21.4. The number of pyridine rings is 1. The number of imidazole rings is 1. The highest BCUT2D eigenvalue weighted by Gasteiger charge is 2.23. The molecular formula is C21H22FN5O3. The molecule has 1 saturated heterocycles. The Morgan fingerprint density at radius 1 is 1.17 bits per heavy atom. The molecule has 0 atom stereocenters. The van der Waals surface area contributed by atoms with E-state index in [1.807, 2.05) is 11.8 Å². The van der Waals surface area contributed by atoms with Crippen molar-refractivity contribution in [3.05, 3.63) is 58.7 Å². The van der Waals surface area contributed by atoms with Gasteiger partial charge in [-0.2, -0.15) is 0 Å². The van der Waals surface area contributed by atoms with Crippen molar-refractivity contribution < 1.29 is 14.0 Å². The van der Waals surface area contributed by atoms with Crippen molar-refractivity contribution in [2.24, 2.45) is 0 Å². The summed E-state index contributed by atoms with van der Waals surface area (Å²) in [6, 6.07) is 2.87. The molecule has 8 nitrogen and oxygen atoms in total. The molecule has 0 radical (unpaired) electrons. The number of nitrogens with zero attached hydrogens (tertiary/aromatic N) is 5. The zero-order valence-corrected chi connectivity index (χ0v) is 16.8. The molecule has 3 aromatic rings. The maximum atomic E-state index is 15.0. The van der Waals surface area contributed by atoms with Crippen molar-refractivity contribution in [1.82, 2.24) is 19.0 Å². The number of hydrogen-bond acceptors (Lipinski definition) is 5. The van der Waals surface area contributed by atoms with Crippen molar-refractivity contribution in [3.8, 4) is 0 Å². The molecular weight excluding hydrogens is 389 g/mol. The molecule has 1 fully saturated rings. The maximum Gasteiger partial charge on any atom is 0.268 e.